The number of rotatable bonds is 5. The number of hydrogen-bond acceptors (Lipinski definition) is 2. The fraction of sp³-hybridized carbons (Fsp3) is 0.417. The van der Waals surface area contributed by atoms with Crippen molar-refractivity contribution in [1.82, 2.24) is 0 Å². The molecule has 160 valence electrons. The molecule has 0 spiro atoms. The minimum Gasteiger partial charge on any atom is -0.493 e. The number of hydrogen-bond donors (Lipinski definition) is 0. The highest BCUT2D eigenvalue weighted by molar-refractivity contribution is 5.78. The SMILES string of the molecule is CCCCOc1cc2c(c(F)c1F)-c1c(cc(C3=CCC(C)CO3)c(F)c1F)CC2. The fourth-order valence-electron chi connectivity index (χ4n) is 4.00. The molecule has 2 nitrogen and oxygen atoms in total. The molecule has 4 rings (SSSR count). The van der Waals surface area contributed by atoms with Gasteiger partial charge in [-0.05, 0) is 60.9 Å². The van der Waals surface area contributed by atoms with Crippen LogP contribution in [0, 0.1) is 29.2 Å². The highest BCUT2D eigenvalue weighted by Crippen LogP contribution is 2.43. The minimum absolute atomic E-state index is 0.0296. The lowest BCUT2D eigenvalue weighted by atomic mass is 9.83. The molecule has 0 bridgehead atoms. The first-order chi connectivity index (χ1) is 14.4. The Kier molecular flexibility index (Phi) is 5.76. The van der Waals surface area contributed by atoms with Crippen molar-refractivity contribution < 1.29 is 27.0 Å². The van der Waals surface area contributed by atoms with Gasteiger partial charge in [-0.2, -0.15) is 4.39 Å². The molecule has 0 saturated carbocycles. The fourth-order valence-corrected chi connectivity index (χ4v) is 4.00. The van der Waals surface area contributed by atoms with E-state index in [1.54, 1.807) is 6.08 Å². The van der Waals surface area contributed by atoms with Crippen molar-refractivity contribution in [1.29, 1.82) is 0 Å². The molecule has 0 saturated heterocycles. The van der Waals surface area contributed by atoms with E-state index in [4.69, 9.17) is 9.47 Å². The molecule has 1 unspecified atom stereocenters. The van der Waals surface area contributed by atoms with Crippen LogP contribution in [-0.4, -0.2) is 13.2 Å². The largest absolute Gasteiger partial charge is 0.493 e. The maximum atomic E-state index is 15.1. The lowest BCUT2D eigenvalue weighted by Crippen LogP contribution is -2.15. The number of ether oxygens (including phenoxy) is 2. The minimum atomic E-state index is -1.20. The highest BCUT2D eigenvalue weighted by atomic mass is 19.2. The molecule has 0 aromatic heterocycles. The molecule has 1 atom stereocenters. The molecule has 2 aliphatic rings. The van der Waals surface area contributed by atoms with Crippen LogP contribution in [-0.2, 0) is 17.6 Å². The predicted octanol–water partition coefficient (Wildman–Crippen LogP) is 6.58. The predicted molar refractivity (Wildman–Crippen MR) is 107 cm³/mol. The Morgan fingerprint density at radius 1 is 0.967 bits per heavy atom. The molecule has 0 radical (unpaired) electrons. The van der Waals surface area contributed by atoms with E-state index in [0.717, 1.165) is 6.42 Å². The summed E-state index contributed by atoms with van der Waals surface area (Å²) in [4.78, 5) is 0. The summed E-state index contributed by atoms with van der Waals surface area (Å²) < 4.78 is 70.6. The summed E-state index contributed by atoms with van der Waals surface area (Å²) in [7, 11) is 0. The zero-order valence-corrected chi connectivity index (χ0v) is 17.1. The lowest BCUT2D eigenvalue weighted by molar-refractivity contribution is 0.209. The van der Waals surface area contributed by atoms with Gasteiger partial charge in [-0.25, -0.2) is 13.2 Å². The van der Waals surface area contributed by atoms with E-state index in [2.05, 4.69) is 0 Å². The van der Waals surface area contributed by atoms with Crippen LogP contribution in [0.1, 0.15) is 49.8 Å². The smallest absolute Gasteiger partial charge is 0.201 e. The van der Waals surface area contributed by atoms with Crippen molar-refractivity contribution in [3.05, 3.63) is 58.2 Å². The van der Waals surface area contributed by atoms with E-state index >= 15 is 4.39 Å². The normalized spacial score (nSPS) is 17.7. The number of aryl methyl sites for hydroxylation is 2. The van der Waals surface area contributed by atoms with Crippen LogP contribution in [0.4, 0.5) is 17.6 Å². The summed E-state index contributed by atoms with van der Waals surface area (Å²) in [6.45, 7) is 4.66. The van der Waals surface area contributed by atoms with Crippen LogP contribution in [0.15, 0.2) is 18.2 Å². The van der Waals surface area contributed by atoms with E-state index in [1.807, 2.05) is 13.8 Å². The first-order valence-electron chi connectivity index (χ1n) is 10.4. The van der Waals surface area contributed by atoms with Crippen LogP contribution in [0.2, 0.25) is 0 Å². The Hall–Kier alpha value is -2.50. The quantitative estimate of drug-likeness (QED) is 0.402. The van der Waals surface area contributed by atoms with E-state index in [0.29, 0.717) is 55.1 Å². The Labute approximate surface area is 173 Å². The lowest BCUT2D eigenvalue weighted by Gasteiger charge is -2.25. The molecule has 30 heavy (non-hydrogen) atoms. The summed E-state index contributed by atoms with van der Waals surface area (Å²) in [6.07, 6.45) is 4.78. The van der Waals surface area contributed by atoms with Crippen molar-refractivity contribution in [3.8, 4) is 16.9 Å². The second-order valence-electron chi connectivity index (χ2n) is 8.05. The van der Waals surface area contributed by atoms with E-state index in [9.17, 15) is 13.2 Å². The van der Waals surface area contributed by atoms with Gasteiger partial charge in [0.15, 0.2) is 23.2 Å². The number of benzene rings is 2. The third-order valence-electron chi connectivity index (χ3n) is 5.71. The number of fused-ring (bicyclic) bond motifs is 3. The number of halogens is 4. The van der Waals surface area contributed by atoms with Gasteiger partial charge in [-0.15, -0.1) is 0 Å². The average Bonchev–Trinajstić information content (AvgIpc) is 2.74. The second-order valence-corrected chi connectivity index (χ2v) is 8.05. The van der Waals surface area contributed by atoms with E-state index in [1.165, 1.54) is 12.1 Å². The molecule has 1 aliphatic carbocycles. The van der Waals surface area contributed by atoms with Gasteiger partial charge in [0.25, 0.3) is 0 Å². The first kappa shape index (κ1) is 20.8. The van der Waals surface area contributed by atoms with Crippen molar-refractivity contribution in [2.75, 3.05) is 13.2 Å². The molecular formula is C24H24F4O2. The maximum Gasteiger partial charge on any atom is 0.201 e. The second kappa shape index (κ2) is 8.32. The molecule has 1 aliphatic heterocycles. The molecule has 6 heteroatoms. The Morgan fingerprint density at radius 2 is 1.63 bits per heavy atom. The monoisotopic (exact) mass is 420 g/mol. The van der Waals surface area contributed by atoms with Crippen LogP contribution >= 0.6 is 0 Å². The van der Waals surface area contributed by atoms with Crippen molar-refractivity contribution in [3.63, 3.8) is 0 Å². The summed E-state index contributed by atoms with van der Waals surface area (Å²) in [5.74, 6) is -4.24. The van der Waals surface area contributed by atoms with Gasteiger partial charge in [0.2, 0.25) is 5.82 Å². The summed E-state index contributed by atoms with van der Waals surface area (Å²) in [6, 6.07) is 2.91. The number of allylic oxidation sites excluding steroid dienone is 1. The molecule has 0 amide bonds. The summed E-state index contributed by atoms with van der Waals surface area (Å²) in [5, 5.41) is 0. The van der Waals surface area contributed by atoms with Crippen molar-refractivity contribution in [2.24, 2.45) is 5.92 Å². The zero-order valence-electron chi connectivity index (χ0n) is 17.1. The van der Waals surface area contributed by atoms with E-state index < -0.39 is 23.3 Å². The molecule has 0 N–H and O–H groups in total. The Bertz CT molecular complexity index is 1010. The number of unbranched alkanes of at least 4 members (excludes halogenated alkanes) is 1. The van der Waals surface area contributed by atoms with Crippen LogP contribution in [0.3, 0.4) is 0 Å². The van der Waals surface area contributed by atoms with Crippen molar-refractivity contribution in [2.45, 2.75) is 46.0 Å². The van der Waals surface area contributed by atoms with Crippen molar-refractivity contribution >= 4 is 5.76 Å². The Morgan fingerprint density at radius 3 is 2.27 bits per heavy atom. The Balaban J connectivity index is 1.79. The third kappa shape index (κ3) is 3.57. The molecular weight excluding hydrogens is 396 g/mol. The van der Waals surface area contributed by atoms with Gasteiger partial charge >= 0.3 is 0 Å². The third-order valence-corrected chi connectivity index (χ3v) is 5.71. The van der Waals surface area contributed by atoms with Gasteiger partial charge < -0.3 is 9.47 Å². The summed E-state index contributed by atoms with van der Waals surface area (Å²) >= 11 is 0. The molecule has 1 heterocycles. The maximum absolute atomic E-state index is 15.1. The molecule has 2 aromatic carbocycles. The highest BCUT2D eigenvalue weighted by Gasteiger charge is 2.31. The van der Waals surface area contributed by atoms with Gasteiger partial charge in [0.05, 0.1) is 18.8 Å². The standard InChI is InChI=1S/C24H24F4O2/c1-3-4-9-29-18-11-15-7-6-14-10-16(17-8-5-13(2)12-30-17)21(25)23(27)19(14)20(15)24(28)22(18)26/h8,10-11,13H,3-7,9,12H2,1-2H3. The van der Waals surface area contributed by atoms with Gasteiger partial charge in [-0.1, -0.05) is 20.3 Å². The van der Waals surface area contributed by atoms with Crippen LogP contribution < -0.4 is 4.74 Å². The molecule has 2 aromatic rings. The summed E-state index contributed by atoms with van der Waals surface area (Å²) in [5.41, 5.74) is 0.464. The van der Waals surface area contributed by atoms with Gasteiger partial charge in [0.1, 0.15) is 5.76 Å². The van der Waals surface area contributed by atoms with E-state index in [-0.39, 0.29) is 29.0 Å². The zero-order chi connectivity index (χ0) is 21.4. The van der Waals surface area contributed by atoms with Gasteiger partial charge in [-0.3, -0.25) is 0 Å². The van der Waals surface area contributed by atoms with Crippen LogP contribution in [0.25, 0.3) is 16.9 Å². The molecule has 0 fully saturated rings. The first-order valence-corrected chi connectivity index (χ1v) is 10.4. The average molecular weight is 420 g/mol. The van der Waals surface area contributed by atoms with Crippen LogP contribution in [0.5, 0.6) is 5.75 Å². The van der Waals surface area contributed by atoms with Gasteiger partial charge in [0, 0.05) is 11.1 Å². The topological polar surface area (TPSA) is 18.5 Å².